The largest absolute Gasteiger partial charge is 0.335 e. The Balaban J connectivity index is 1.50. The van der Waals surface area contributed by atoms with Gasteiger partial charge in [-0.15, -0.1) is 11.3 Å². The van der Waals surface area contributed by atoms with E-state index in [1.807, 2.05) is 11.0 Å². The van der Waals surface area contributed by atoms with Crippen molar-refractivity contribution in [2.75, 3.05) is 13.1 Å². The monoisotopic (exact) mass is 337 g/mol. The number of fused-ring (bicyclic) bond motifs is 1. The van der Waals surface area contributed by atoms with Crippen molar-refractivity contribution in [1.82, 2.24) is 4.90 Å². The van der Waals surface area contributed by atoms with E-state index in [-0.39, 0.29) is 5.91 Å². The molecule has 2 nitrogen and oxygen atoms in total. The smallest absolute Gasteiger partial charge is 0.255 e. The average molecular weight is 337 g/mol. The number of carbonyl (C=O) groups is 1. The van der Waals surface area contributed by atoms with Gasteiger partial charge in [0, 0.05) is 23.3 Å². The van der Waals surface area contributed by atoms with Gasteiger partial charge in [0.25, 0.3) is 5.91 Å². The van der Waals surface area contributed by atoms with Gasteiger partial charge in [0.1, 0.15) is 0 Å². The zero-order valence-electron chi connectivity index (χ0n) is 14.1. The molecule has 0 saturated heterocycles. The predicted octanol–water partition coefficient (Wildman–Crippen LogP) is 4.80. The first-order valence-electron chi connectivity index (χ1n) is 8.85. The molecule has 2 heterocycles. The van der Waals surface area contributed by atoms with Gasteiger partial charge in [0.15, 0.2) is 0 Å². The number of rotatable bonds is 2. The Morgan fingerprint density at radius 2 is 2.04 bits per heavy atom. The van der Waals surface area contributed by atoms with E-state index in [1.165, 1.54) is 28.0 Å². The minimum Gasteiger partial charge on any atom is -0.335 e. The molecule has 1 aromatic heterocycles. The van der Waals surface area contributed by atoms with Crippen molar-refractivity contribution in [2.24, 2.45) is 5.92 Å². The van der Waals surface area contributed by atoms with Crippen LogP contribution in [0.3, 0.4) is 0 Å². The van der Waals surface area contributed by atoms with Gasteiger partial charge in [-0.3, -0.25) is 4.79 Å². The molecule has 0 bridgehead atoms. The summed E-state index contributed by atoms with van der Waals surface area (Å²) < 4.78 is 0. The normalized spacial score (nSPS) is 20.5. The SMILES string of the molecule is CC1CCc2c(C(=O)N3CC=C(c4ccccc4)CC3)csc2C1. The van der Waals surface area contributed by atoms with Crippen LogP contribution < -0.4 is 0 Å². The molecule has 0 fully saturated rings. The molecule has 1 aromatic carbocycles. The average Bonchev–Trinajstić information content (AvgIpc) is 3.05. The topological polar surface area (TPSA) is 20.3 Å². The highest BCUT2D eigenvalue weighted by atomic mass is 32.1. The molecule has 1 unspecified atom stereocenters. The molecule has 2 aliphatic rings. The number of amides is 1. The van der Waals surface area contributed by atoms with Gasteiger partial charge in [-0.1, -0.05) is 43.3 Å². The Labute approximate surface area is 147 Å². The van der Waals surface area contributed by atoms with E-state index in [1.54, 1.807) is 11.3 Å². The zero-order chi connectivity index (χ0) is 16.5. The Morgan fingerprint density at radius 1 is 1.21 bits per heavy atom. The minimum absolute atomic E-state index is 0.227. The molecular formula is C21H23NOS. The summed E-state index contributed by atoms with van der Waals surface area (Å²) in [6, 6.07) is 10.5. The van der Waals surface area contributed by atoms with Crippen LogP contribution in [0.5, 0.6) is 0 Å². The third kappa shape index (κ3) is 2.93. The van der Waals surface area contributed by atoms with Crippen LogP contribution in [-0.2, 0) is 12.8 Å². The maximum absolute atomic E-state index is 13.0. The van der Waals surface area contributed by atoms with E-state index in [0.717, 1.165) is 43.8 Å². The molecule has 0 N–H and O–H groups in total. The fourth-order valence-corrected chi connectivity index (χ4v) is 5.03. The summed E-state index contributed by atoms with van der Waals surface area (Å²) in [5, 5.41) is 2.10. The minimum atomic E-state index is 0.227. The van der Waals surface area contributed by atoms with Crippen molar-refractivity contribution in [2.45, 2.75) is 32.6 Å². The summed E-state index contributed by atoms with van der Waals surface area (Å²) >= 11 is 1.78. The highest BCUT2D eigenvalue weighted by Crippen LogP contribution is 2.34. The first-order chi connectivity index (χ1) is 11.7. The molecule has 3 heteroatoms. The third-order valence-corrected chi connectivity index (χ3v) is 6.32. The quantitative estimate of drug-likeness (QED) is 0.770. The Morgan fingerprint density at radius 3 is 2.79 bits per heavy atom. The molecule has 0 spiro atoms. The number of benzene rings is 1. The number of carbonyl (C=O) groups excluding carboxylic acids is 1. The molecular weight excluding hydrogens is 314 g/mol. The van der Waals surface area contributed by atoms with Crippen LogP contribution in [0.2, 0.25) is 0 Å². The molecule has 124 valence electrons. The van der Waals surface area contributed by atoms with E-state index in [4.69, 9.17) is 0 Å². The lowest BCUT2D eigenvalue weighted by molar-refractivity contribution is 0.0772. The van der Waals surface area contributed by atoms with Crippen molar-refractivity contribution in [3.05, 3.63) is 63.4 Å². The summed E-state index contributed by atoms with van der Waals surface area (Å²) in [5.41, 5.74) is 4.95. The molecule has 1 aliphatic carbocycles. The number of nitrogens with zero attached hydrogens (tertiary/aromatic N) is 1. The van der Waals surface area contributed by atoms with E-state index in [0.29, 0.717) is 0 Å². The van der Waals surface area contributed by atoms with Crippen LogP contribution in [0.15, 0.2) is 41.8 Å². The fraction of sp³-hybridized carbons (Fsp3) is 0.381. The Hall–Kier alpha value is -1.87. The van der Waals surface area contributed by atoms with Crippen LogP contribution in [0, 0.1) is 5.92 Å². The van der Waals surface area contributed by atoms with E-state index in [9.17, 15) is 4.79 Å². The van der Waals surface area contributed by atoms with Crippen LogP contribution >= 0.6 is 11.3 Å². The van der Waals surface area contributed by atoms with Gasteiger partial charge in [-0.2, -0.15) is 0 Å². The second-order valence-electron chi connectivity index (χ2n) is 7.00. The third-order valence-electron chi connectivity index (χ3n) is 5.27. The maximum Gasteiger partial charge on any atom is 0.255 e. The molecule has 24 heavy (non-hydrogen) atoms. The second-order valence-corrected chi connectivity index (χ2v) is 7.96. The van der Waals surface area contributed by atoms with Gasteiger partial charge < -0.3 is 4.90 Å². The van der Waals surface area contributed by atoms with Gasteiger partial charge in [0.05, 0.1) is 5.56 Å². The van der Waals surface area contributed by atoms with Crippen LogP contribution in [0.4, 0.5) is 0 Å². The molecule has 0 saturated carbocycles. The Kier molecular flexibility index (Phi) is 4.28. The summed E-state index contributed by atoms with van der Waals surface area (Å²) in [7, 11) is 0. The van der Waals surface area contributed by atoms with E-state index < -0.39 is 0 Å². The van der Waals surface area contributed by atoms with Gasteiger partial charge in [0.2, 0.25) is 0 Å². The maximum atomic E-state index is 13.0. The van der Waals surface area contributed by atoms with Crippen molar-refractivity contribution in [3.8, 4) is 0 Å². The van der Waals surface area contributed by atoms with Crippen molar-refractivity contribution in [1.29, 1.82) is 0 Å². The first-order valence-corrected chi connectivity index (χ1v) is 9.73. The summed E-state index contributed by atoms with van der Waals surface area (Å²) in [5.74, 6) is 0.982. The molecule has 0 radical (unpaired) electrons. The summed E-state index contributed by atoms with van der Waals surface area (Å²) in [6.07, 6.45) is 6.59. The van der Waals surface area contributed by atoms with Crippen molar-refractivity contribution in [3.63, 3.8) is 0 Å². The van der Waals surface area contributed by atoms with Crippen LogP contribution in [0.25, 0.3) is 5.57 Å². The first kappa shape index (κ1) is 15.6. The lowest BCUT2D eigenvalue weighted by atomic mass is 9.88. The van der Waals surface area contributed by atoms with E-state index in [2.05, 4.69) is 42.6 Å². The van der Waals surface area contributed by atoms with Crippen molar-refractivity contribution < 1.29 is 4.79 Å². The van der Waals surface area contributed by atoms with Gasteiger partial charge >= 0.3 is 0 Å². The summed E-state index contributed by atoms with van der Waals surface area (Å²) in [6.45, 7) is 3.86. The number of hydrogen-bond donors (Lipinski definition) is 0. The molecule has 1 aliphatic heterocycles. The lowest BCUT2D eigenvalue weighted by Gasteiger charge is -2.27. The predicted molar refractivity (Wildman–Crippen MR) is 100 cm³/mol. The van der Waals surface area contributed by atoms with Crippen molar-refractivity contribution >= 4 is 22.8 Å². The molecule has 2 aromatic rings. The molecule has 1 atom stereocenters. The standard InChI is InChI=1S/C21H23NOS/c1-15-7-8-18-19(14-24-20(18)13-15)21(23)22-11-9-17(10-12-22)16-5-3-2-4-6-16/h2-6,9,14-15H,7-8,10-13H2,1H3. The van der Waals surface area contributed by atoms with Gasteiger partial charge in [-0.25, -0.2) is 0 Å². The highest BCUT2D eigenvalue weighted by Gasteiger charge is 2.26. The molecule has 1 amide bonds. The Bertz CT molecular complexity index is 774. The fourth-order valence-electron chi connectivity index (χ4n) is 3.80. The lowest BCUT2D eigenvalue weighted by Crippen LogP contribution is -2.35. The van der Waals surface area contributed by atoms with Crippen LogP contribution in [-0.4, -0.2) is 23.9 Å². The second kappa shape index (κ2) is 6.56. The highest BCUT2D eigenvalue weighted by molar-refractivity contribution is 7.10. The van der Waals surface area contributed by atoms with Crippen LogP contribution in [0.1, 0.15) is 46.1 Å². The zero-order valence-corrected chi connectivity index (χ0v) is 14.9. The van der Waals surface area contributed by atoms with E-state index >= 15 is 0 Å². The summed E-state index contributed by atoms with van der Waals surface area (Å²) in [4.78, 5) is 16.4. The number of hydrogen-bond acceptors (Lipinski definition) is 2. The number of thiophene rings is 1. The van der Waals surface area contributed by atoms with Gasteiger partial charge in [-0.05, 0) is 48.3 Å². The molecule has 4 rings (SSSR count).